The molecule has 0 saturated carbocycles. The largest absolute Gasteiger partial charge is 0.454 e. The van der Waals surface area contributed by atoms with Crippen LogP contribution in [0.2, 0.25) is 0 Å². The second kappa shape index (κ2) is 9.57. The van der Waals surface area contributed by atoms with Crippen LogP contribution in [0.15, 0.2) is 53.9 Å². The van der Waals surface area contributed by atoms with Crippen molar-refractivity contribution in [2.24, 2.45) is 5.92 Å². The number of fused-ring (bicyclic) bond motifs is 1. The Morgan fingerprint density at radius 2 is 1.79 bits per heavy atom. The van der Waals surface area contributed by atoms with Crippen LogP contribution in [0.1, 0.15) is 37.8 Å². The highest BCUT2D eigenvalue weighted by molar-refractivity contribution is 7.92. The molecule has 2 aromatic carbocycles. The van der Waals surface area contributed by atoms with Crippen molar-refractivity contribution in [1.29, 1.82) is 0 Å². The summed E-state index contributed by atoms with van der Waals surface area (Å²) in [5.41, 5.74) is 1.60. The van der Waals surface area contributed by atoms with E-state index in [1.165, 1.54) is 9.71 Å². The van der Waals surface area contributed by atoms with Gasteiger partial charge < -0.3 is 14.8 Å². The number of hydrogen-bond acceptors (Lipinski definition) is 5. The van der Waals surface area contributed by atoms with Gasteiger partial charge in [-0.15, -0.1) is 0 Å². The summed E-state index contributed by atoms with van der Waals surface area (Å²) in [6.07, 6.45) is 2.62. The van der Waals surface area contributed by atoms with E-state index in [1.807, 2.05) is 48.5 Å². The summed E-state index contributed by atoms with van der Waals surface area (Å²) in [5.74, 6) is 1.24. The predicted molar refractivity (Wildman–Crippen MR) is 127 cm³/mol. The second-order valence-electron chi connectivity index (χ2n) is 9.10. The van der Waals surface area contributed by atoms with Crippen molar-refractivity contribution in [2.45, 2.75) is 32.1 Å². The van der Waals surface area contributed by atoms with Gasteiger partial charge in [0.2, 0.25) is 22.7 Å². The van der Waals surface area contributed by atoms with Gasteiger partial charge >= 0.3 is 0 Å². The van der Waals surface area contributed by atoms with E-state index in [1.54, 1.807) is 6.08 Å². The molecule has 1 fully saturated rings. The van der Waals surface area contributed by atoms with Gasteiger partial charge in [-0.1, -0.05) is 50.2 Å². The van der Waals surface area contributed by atoms with E-state index in [0.717, 1.165) is 22.6 Å². The minimum atomic E-state index is -3.51. The van der Waals surface area contributed by atoms with E-state index < -0.39 is 10.0 Å². The van der Waals surface area contributed by atoms with Crippen molar-refractivity contribution in [2.75, 3.05) is 26.4 Å². The Morgan fingerprint density at radius 3 is 2.52 bits per heavy atom. The fourth-order valence-electron chi connectivity index (χ4n) is 4.06. The number of hydrogen-bond donors (Lipinski definition) is 1. The van der Waals surface area contributed by atoms with Gasteiger partial charge in [0.05, 0.1) is 0 Å². The van der Waals surface area contributed by atoms with Gasteiger partial charge in [-0.2, -0.15) is 4.31 Å². The molecule has 33 heavy (non-hydrogen) atoms. The highest BCUT2D eigenvalue weighted by Crippen LogP contribution is 2.36. The quantitative estimate of drug-likeness (QED) is 0.669. The van der Waals surface area contributed by atoms with E-state index in [0.29, 0.717) is 32.5 Å². The first kappa shape index (κ1) is 23.3. The molecule has 1 amide bonds. The third-order valence-corrected chi connectivity index (χ3v) is 7.84. The minimum Gasteiger partial charge on any atom is -0.454 e. The summed E-state index contributed by atoms with van der Waals surface area (Å²) in [6.45, 7) is 5.52. The molecule has 2 aliphatic rings. The number of nitrogens with one attached hydrogen (secondary N) is 1. The molecular weight excluding hydrogens is 440 g/mol. The summed E-state index contributed by atoms with van der Waals surface area (Å²) >= 11 is 0. The molecule has 2 aliphatic heterocycles. The zero-order valence-corrected chi connectivity index (χ0v) is 19.8. The smallest absolute Gasteiger partial charge is 0.236 e. The molecule has 176 valence electrons. The molecule has 0 aliphatic carbocycles. The second-order valence-corrected chi connectivity index (χ2v) is 10.9. The van der Waals surface area contributed by atoms with E-state index in [-0.39, 0.29) is 24.0 Å². The monoisotopic (exact) mass is 470 g/mol. The van der Waals surface area contributed by atoms with Crippen molar-refractivity contribution in [3.8, 4) is 11.5 Å². The van der Waals surface area contributed by atoms with Crippen molar-refractivity contribution in [3.05, 3.63) is 65.1 Å². The fourth-order valence-corrected chi connectivity index (χ4v) is 5.28. The number of carbonyl (C=O) groups excluding carboxylic acids is 1. The predicted octanol–water partition coefficient (Wildman–Crippen LogP) is 3.52. The van der Waals surface area contributed by atoms with Crippen LogP contribution in [0.4, 0.5) is 0 Å². The SMILES string of the molecule is CC(C)(CNC(=O)C1CCN(S(=O)(=O)/C=C/c2ccccc2)CC1)c1ccc2c(c1)OCO2. The standard InChI is InChI=1S/C25H30N2O5S/c1-25(2,21-8-9-22-23(16-21)32-18-31-22)17-26-24(28)20-10-13-27(14-11-20)33(29,30)15-12-19-6-4-3-5-7-19/h3-9,12,15-16,20H,10-11,13-14,17-18H2,1-2H3,(H,26,28)/b15-12+. The first-order valence-corrected chi connectivity index (χ1v) is 12.7. The first-order chi connectivity index (χ1) is 15.7. The molecule has 4 rings (SSSR count). The number of ether oxygens (including phenoxy) is 2. The Labute approximate surface area is 195 Å². The number of piperidine rings is 1. The van der Waals surface area contributed by atoms with Crippen LogP contribution < -0.4 is 14.8 Å². The Balaban J connectivity index is 1.29. The van der Waals surface area contributed by atoms with Gasteiger partial charge in [-0.05, 0) is 42.2 Å². The molecule has 0 spiro atoms. The van der Waals surface area contributed by atoms with Crippen LogP contribution >= 0.6 is 0 Å². The average molecular weight is 471 g/mol. The highest BCUT2D eigenvalue weighted by atomic mass is 32.2. The molecule has 0 bridgehead atoms. The van der Waals surface area contributed by atoms with E-state index >= 15 is 0 Å². The van der Waals surface area contributed by atoms with Crippen molar-refractivity contribution < 1.29 is 22.7 Å². The molecule has 0 radical (unpaired) electrons. The number of nitrogens with zero attached hydrogens (tertiary/aromatic N) is 1. The summed E-state index contributed by atoms with van der Waals surface area (Å²) in [5, 5.41) is 4.31. The Bertz CT molecular complexity index is 1120. The van der Waals surface area contributed by atoms with Gasteiger partial charge in [0.1, 0.15) is 0 Å². The molecular formula is C25H30N2O5S. The van der Waals surface area contributed by atoms with Crippen molar-refractivity contribution >= 4 is 22.0 Å². The van der Waals surface area contributed by atoms with Crippen LogP contribution in [0.25, 0.3) is 6.08 Å². The molecule has 2 heterocycles. The maximum absolute atomic E-state index is 12.8. The lowest BCUT2D eigenvalue weighted by molar-refractivity contribution is -0.126. The topological polar surface area (TPSA) is 84.9 Å². The third kappa shape index (κ3) is 5.57. The van der Waals surface area contributed by atoms with Crippen LogP contribution in [0, 0.1) is 5.92 Å². The molecule has 0 atom stereocenters. The molecule has 0 aromatic heterocycles. The lowest BCUT2D eigenvalue weighted by Crippen LogP contribution is -2.44. The lowest BCUT2D eigenvalue weighted by Gasteiger charge is -2.31. The minimum absolute atomic E-state index is 0.0271. The first-order valence-electron chi connectivity index (χ1n) is 11.2. The van der Waals surface area contributed by atoms with Crippen LogP contribution in [-0.2, 0) is 20.2 Å². The summed E-state index contributed by atoms with van der Waals surface area (Å²) < 4.78 is 37.6. The van der Waals surface area contributed by atoms with Crippen LogP contribution in [-0.4, -0.2) is 45.1 Å². The molecule has 0 unspecified atom stereocenters. The summed E-state index contributed by atoms with van der Waals surface area (Å²) in [7, 11) is -3.51. The lowest BCUT2D eigenvalue weighted by atomic mass is 9.84. The molecule has 7 nitrogen and oxygen atoms in total. The maximum Gasteiger partial charge on any atom is 0.236 e. The maximum atomic E-state index is 12.8. The Morgan fingerprint density at radius 1 is 1.09 bits per heavy atom. The summed E-state index contributed by atoms with van der Waals surface area (Å²) in [4.78, 5) is 12.8. The van der Waals surface area contributed by atoms with Crippen molar-refractivity contribution in [3.63, 3.8) is 0 Å². The van der Waals surface area contributed by atoms with Crippen LogP contribution in [0.3, 0.4) is 0 Å². The van der Waals surface area contributed by atoms with E-state index in [2.05, 4.69) is 19.2 Å². The zero-order valence-electron chi connectivity index (χ0n) is 19.0. The van der Waals surface area contributed by atoms with Gasteiger partial charge in [0, 0.05) is 36.4 Å². The van der Waals surface area contributed by atoms with Gasteiger partial charge in [0.25, 0.3) is 0 Å². The molecule has 8 heteroatoms. The fraction of sp³-hybridized carbons (Fsp3) is 0.400. The number of benzene rings is 2. The van der Waals surface area contributed by atoms with Gasteiger partial charge in [-0.3, -0.25) is 4.79 Å². The highest BCUT2D eigenvalue weighted by Gasteiger charge is 2.31. The molecule has 1 N–H and O–H groups in total. The van der Waals surface area contributed by atoms with Crippen molar-refractivity contribution in [1.82, 2.24) is 9.62 Å². The zero-order chi connectivity index (χ0) is 23.5. The van der Waals surface area contributed by atoms with E-state index in [9.17, 15) is 13.2 Å². The Hall–Kier alpha value is -2.84. The normalized spacial score (nSPS) is 17.4. The number of amides is 1. The third-order valence-electron chi connectivity index (χ3n) is 6.28. The van der Waals surface area contributed by atoms with Gasteiger partial charge in [-0.25, -0.2) is 8.42 Å². The molecule has 2 aromatic rings. The summed E-state index contributed by atoms with van der Waals surface area (Å²) in [6, 6.07) is 15.2. The van der Waals surface area contributed by atoms with E-state index in [4.69, 9.17) is 9.47 Å². The average Bonchev–Trinajstić information content (AvgIpc) is 3.30. The Kier molecular flexibility index (Phi) is 6.76. The number of carbonyl (C=O) groups is 1. The van der Waals surface area contributed by atoms with Gasteiger partial charge in [0.15, 0.2) is 11.5 Å². The molecule has 1 saturated heterocycles. The van der Waals surface area contributed by atoms with Crippen LogP contribution in [0.5, 0.6) is 11.5 Å². The number of rotatable bonds is 7. The number of sulfonamides is 1.